The van der Waals surface area contributed by atoms with Crippen LogP contribution in [0, 0.1) is 13.8 Å². The van der Waals surface area contributed by atoms with Crippen LogP contribution in [0.5, 0.6) is 0 Å². The number of rotatable bonds is 6. The lowest BCUT2D eigenvalue weighted by molar-refractivity contribution is 0.0950. The highest BCUT2D eigenvalue weighted by atomic mass is 16.2. The van der Waals surface area contributed by atoms with E-state index < -0.39 is 0 Å². The van der Waals surface area contributed by atoms with E-state index in [0.29, 0.717) is 11.4 Å². The smallest absolute Gasteiger partial charge is 0.272 e. The van der Waals surface area contributed by atoms with E-state index in [1.54, 1.807) is 12.3 Å². The normalized spacial score (nSPS) is 11.8. The summed E-state index contributed by atoms with van der Waals surface area (Å²) in [7, 11) is 0. The monoisotopic (exact) mass is 424 g/mol. The lowest BCUT2D eigenvalue weighted by Gasteiger charge is -2.04. The molecule has 32 heavy (non-hydrogen) atoms. The van der Waals surface area contributed by atoms with E-state index in [9.17, 15) is 4.79 Å². The second-order valence-corrected chi connectivity index (χ2v) is 7.46. The van der Waals surface area contributed by atoms with Gasteiger partial charge in [0.1, 0.15) is 5.69 Å². The summed E-state index contributed by atoms with van der Waals surface area (Å²) in [6.45, 7) is 5.85. The molecular weight excluding hydrogens is 400 g/mol. The Labute approximate surface area is 186 Å². The third-order valence-corrected chi connectivity index (χ3v) is 5.00. The number of amides is 1. The molecule has 0 aliphatic heterocycles. The Bertz CT molecular complexity index is 1280. The standard InChI is InChI=1S/C25H24N6O/c1-17(14-20-10-6-4-7-11-20)16-26-29-25(32)23-15-22(27-28-23)24-18(2)30-31(19(24)3)21-12-8-5-9-13-21/h4-16H,1-3H3,(H,27,28)(H,29,32)/b17-14+,26-16+. The van der Waals surface area contributed by atoms with E-state index in [1.165, 1.54) is 0 Å². The molecular formula is C25H24N6O. The highest BCUT2D eigenvalue weighted by Crippen LogP contribution is 2.27. The van der Waals surface area contributed by atoms with Crippen LogP contribution in [0.3, 0.4) is 0 Å². The van der Waals surface area contributed by atoms with E-state index in [1.807, 2.05) is 92.2 Å². The number of para-hydroxylation sites is 1. The molecule has 0 aliphatic rings. The van der Waals surface area contributed by atoms with Gasteiger partial charge in [-0.1, -0.05) is 54.6 Å². The van der Waals surface area contributed by atoms with Crippen molar-refractivity contribution in [1.82, 2.24) is 25.4 Å². The van der Waals surface area contributed by atoms with Crippen molar-refractivity contribution in [2.45, 2.75) is 20.8 Å². The number of nitrogens with one attached hydrogen (secondary N) is 2. The first-order valence-electron chi connectivity index (χ1n) is 10.3. The van der Waals surface area contributed by atoms with Crippen LogP contribution < -0.4 is 5.43 Å². The Morgan fingerprint density at radius 1 is 1.06 bits per heavy atom. The van der Waals surface area contributed by atoms with Gasteiger partial charge in [0.25, 0.3) is 5.91 Å². The maximum atomic E-state index is 12.5. The topological polar surface area (TPSA) is 88.0 Å². The zero-order chi connectivity index (χ0) is 22.5. The fourth-order valence-electron chi connectivity index (χ4n) is 3.50. The van der Waals surface area contributed by atoms with Gasteiger partial charge in [-0.05, 0) is 50.1 Å². The molecule has 160 valence electrons. The van der Waals surface area contributed by atoms with Gasteiger partial charge in [-0.15, -0.1) is 0 Å². The molecule has 0 radical (unpaired) electrons. The number of hydrogen-bond acceptors (Lipinski definition) is 4. The van der Waals surface area contributed by atoms with Crippen LogP contribution in [0.15, 0.2) is 77.4 Å². The minimum Gasteiger partial charge on any atom is -0.272 e. The minimum atomic E-state index is -0.363. The van der Waals surface area contributed by atoms with Crippen molar-refractivity contribution in [3.8, 4) is 16.9 Å². The first kappa shape index (κ1) is 21.0. The summed E-state index contributed by atoms with van der Waals surface area (Å²) in [6, 6.07) is 21.5. The molecule has 0 unspecified atom stereocenters. The van der Waals surface area contributed by atoms with Gasteiger partial charge in [0.2, 0.25) is 0 Å². The van der Waals surface area contributed by atoms with E-state index in [4.69, 9.17) is 0 Å². The number of H-pyrrole nitrogens is 1. The Balaban J connectivity index is 1.48. The van der Waals surface area contributed by atoms with Crippen molar-refractivity contribution in [2.75, 3.05) is 0 Å². The molecule has 0 saturated carbocycles. The number of aryl methyl sites for hydroxylation is 1. The molecule has 7 heteroatoms. The molecule has 0 spiro atoms. The van der Waals surface area contributed by atoms with Crippen LogP contribution in [-0.4, -0.2) is 32.1 Å². The summed E-state index contributed by atoms with van der Waals surface area (Å²) in [4.78, 5) is 12.5. The molecule has 0 aliphatic carbocycles. The molecule has 4 aromatic rings. The summed E-state index contributed by atoms with van der Waals surface area (Å²) in [5, 5.41) is 15.8. The fourth-order valence-corrected chi connectivity index (χ4v) is 3.50. The van der Waals surface area contributed by atoms with Gasteiger partial charge in [-0.3, -0.25) is 9.89 Å². The number of hydrogen-bond donors (Lipinski definition) is 2. The number of benzene rings is 2. The van der Waals surface area contributed by atoms with Gasteiger partial charge >= 0.3 is 0 Å². The number of allylic oxidation sites excluding steroid dienone is 1. The van der Waals surface area contributed by atoms with E-state index in [2.05, 4.69) is 25.8 Å². The quantitative estimate of drug-likeness (QED) is 0.347. The molecule has 7 nitrogen and oxygen atoms in total. The van der Waals surface area contributed by atoms with Gasteiger partial charge < -0.3 is 0 Å². The van der Waals surface area contributed by atoms with Crippen molar-refractivity contribution >= 4 is 18.2 Å². The number of carbonyl (C=O) groups is 1. The number of hydrazone groups is 1. The molecule has 1 amide bonds. The number of aromatic nitrogens is 4. The van der Waals surface area contributed by atoms with E-state index >= 15 is 0 Å². The zero-order valence-electron chi connectivity index (χ0n) is 18.2. The minimum absolute atomic E-state index is 0.327. The third kappa shape index (κ3) is 4.57. The lowest BCUT2D eigenvalue weighted by atomic mass is 10.1. The molecule has 0 fully saturated rings. The van der Waals surface area contributed by atoms with Crippen LogP contribution >= 0.6 is 0 Å². The van der Waals surface area contributed by atoms with Gasteiger partial charge in [-0.2, -0.15) is 15.3 Å². The Morgan fingerprint density at radius 2 is 1.75 bits per heavy atom. The first-order valence-corrected chi connectivity index (χ1v) is 10.3. The summed E-state index contributed by atoms with van der Waals surface area (Å²) in [6.07, 6.45) is 3.60. The SMILES string of the molecule is CC(/C=N/NC(=O)c1cc(-c2c(C)nn(-c3ccccc3)c2C)n[nH]1)=C\c1ccccc1. The van der Waals surface area contributed by atoms with Gasteiger partial charge in [0.05, 0.1) is 29.0 Å². The number of carbonyl (C=O) groups excluding carboxylic acids is 1. The second kappa shape index (κ2) is 9.26. The third-order valence-electron chi connectivity index (χ3n) is 5.00. The summed E-state index contributed by atoms with van der Waals surface area (Å²) in [5.74, 6) is -0.363. The molecule has 2 aromatic carbocycles. The summed E-state index contributed by atoms with van der Waals surface area (Å²) in [5.41, 5.74) is 9.18. The molecule has 2 N–H and O–H groups in total. The maximum Gasteiger partial charge on any atom is 0.289 e. The van der Waals surface area contributed by atoms with Crippen LogP contribution in [0.25, 0.3) is 23.0 Å². The molecule has 0 saturated heterocycles. The second-order valence-electron chi connectivity index (χ2n) is 7.46. The van der Waals surface area contributed by atoms with Crippen LogP contribution in [0.2, 0.25) is 0 Å². The van der Waals surface area contributed by atoms with Gasteiger partial charge in [0.15, 0.2) is 0 Å². The van der Waals surface area contributed by atoms with Crippen LogP contribution in [0.4, 0.5) is 0 Å². The Hall–Kier alpha value is -4.26. The van der Waals surface area contributed by atoms with E-state index in [0.717, 1.165) is 33.8 Å². The largest absolute Gasteiger partial charge is 0.289 e. The van der Waals surface area contributed by atoms with Crippen LogP contribution in [-0.2, 0) is 0 Å². The molecule has 0 atom stereocenters. The first-order chi connectivity index (χ1) is 15.5. The molecule has 2 aromatic heterocycles. The Kier molecular flexibility index (Phi) is 6.07. The van der Waals surface area contributed by atoms with Crippen molar-refractivity contribution in [3.05, 3.63) is 94.9 Å². The maximum absolute atomic E-state index is 12.5. The van der Waals surface area contributed by atoms with Crippen molar-refractivity contribution < 1.29 is 4.79 Å². The average molecular weight is 425 g/mol. The van der Waals surface area contributed by atoms with Crippen LogP contribution in [0.1, 0.15) is 34.4 Å². The Morgan fingerprint density at radius 3 is 2.47 bits per heavy atom. The van der Waals surface area contributed by atoms with Gasteiger partial charge in [-0.25, -0.2) is 10.1 Å². The predicted molar refractivity (Wildman–Crippen MR) is 127 cm³/mol. The number of aromatic amines is 1. The zero-order valence-corrected chi connectivity index (χ0v) is 18.2. The average Bonchev–Trinajstić information content (AvgIpc) is 3.39. The molecule has 2 heterocycles. The predicted octanol–water partition coefficient (Wildman–Crippen LogP) is 4.70. The van der Waals surface area contributed by atoms with Crippen molar-refractivity contribution in [1.29, 1.82) is 0 Å². The van der Waals surface area contributed by atoms with Crippen molar-refractivity contribution in [3.63, 3.8) is 0 Å². The molecule has 0 bridgehead atoms. The van der Waals surface area contributed by atoms with E-state index in [-0.39, 0.29) is 5.91 Å². The summed E-state index contributed by atoms with van der Waals surface area (Å²) >= 11 is 0. The number of nitrogens with zero attached hydrogens (tertiary/aromatic N) is 4. The summed E-state index contributed by atoms with van der Waals surface area (Å²) < 4.78 is 1.88. The lowest BCUT2D eigenvalue weighted by Crippen LogP contribution is -2.17. The highest BCUT2D eigenvalue weighted by molar-refractivity contribution is 5.94. The molecule has 4 rings (SSSR count). The van der Waals surface area contributed by atoms with Gasteiger partial charge in [0, 0.05) is 5.56 Å². The highest BCUT2D eigenvalue weighted by Gasteiger charge is 2.18. The fraction of sp³-hybridized carbons (Fsp3) is 0.120. The van der Waals surface area contributed by atoms with Crippen molar-refractivity contribution in [2.24, 2.45) is 5.10 Å².